The highest BCUT2D eigenvalue weighted by Crippen LogP contribution is 2.32. The molecule has 3 amide bonds. The zero-order valence-corrected chi connectivity index (χ0v) is 15.5. The first kappa shape index (κ1) is 17.7. The van der Waals surface area contributed by atoms with Crippen molar-refractivity contribution in [3.05, 3.63) is 56.1 Å². The number of amides is 3. The van der Waals surface area contributed by atoms with Crippen molar-refractivity contribution in [1.82, 2.24) is 4.90 Å². The molecule has 1 aliphatic rings. The Bertz CT molecular complexity index is 878. The van der Waals surface area contributed by atoms with Crippen molar-refractivity contribution < 1.29 is 14.4 Å². The number of thioether (sulfide) groups is 1. The van der Waals surface area contributed by atoms with Crippen LogP contribution in [-0.4, -0.2) is 28.5 Å². The monoisotopic (exact) mass is 392 g/mol. The SMILES string of the molecule is Cc1ccc(NC(=O)CN2C(=O)S/C(=C\c3cccs3)C2=O)cc1Cl. The van der Waals surface area contributed by atoms with E-state index in [2.05, 4.69) is 5.32 Å². The average molecular weight is 393 g/mol. The first-order chi connectivity index (χ1) is 11.9. The molecule has 0 spiro atoms. The summed E-state index contributed by atoms with van der Waals surface area (Å²) in [7, 11) is 0. The highest BCUT2D eigenvalue weighted by Gasteiger charge is 2.36. The van der Waals surface area contributed by atoms with Gasteiger partial charge in [0.25, 0.3) is 11.1 Å². The van der Waals surface area contributed by atoms with Crippen molar-refractivity contribution in [2.24, 2.45) is 0 Å². The second-order valence-corrected chi connectivity index (χ2v) is 7.68. The Labute approximate surface area is 157 Å². The van der Waals surface area contributed by atoms with E-state index < -0.39 is 17.1 Å². The van der Waals surface area contributed by atoms with Crippen LogP contribution in [0.25, 0.3) is 6.08 Å². The van der Waals surface area contributed by atoms with Crippen LogP contribution in [0.3, 0.4) is 0 Å². The van der Waals surface area contributed by atoms with Crippen LogP contribution >= 0.6 is 34.7 Å². The minimum atomic E-state index is -0.459. The molecule has 1 N–H and O–H groups in total. The van der Waals surface area contributed by atoms with Gasteiger partial charge in [-0.2, -0.15) is 0 Å². The third kappa shape index (κ3) is 4.12. The Hall–Kier alpha value is -2.09. The number of anilines is 1. The highest BCUT2D eigenvalue weighted by atomic mass is 35.5. The van der Waals surface area contributed by atoms with Gasteiger partial charge in [0.1, 0.15) is 6.54 Å². The fourth-order valence-electron chi connectivity index (χ4n) is 2.15. The van der Waals surface area contributed by atoms with Crippen LogP contribution in [-0.2, 0) is 9.59 Å². The number of halogens is 1. The maximum absolute atomic E-state index is 12.3. The molecule has 0 radical (unpaired) electrons. The van der Waals surface area contributed by atoms with E-state index in [0.29, 0.717) is 15.6 Å². The molecule has 0 saturated carbocycles. The van der Waals surface area contributed by atoms with Crippen molar-refractivity contribution in [3.63, 3.8) is 0 Å². The second kappa shape index (κ2) is 7.43. The quantitative estimate of drug-likeness (QED) is 0.784. The van der Waals surface area contributed by atoms with Gasteiger partial charge in [0.05, 0.1) is 4.91 Å². The molecule has 1 aromatic heterocycles. The molecule has 5 nitrogen and oxygen atoms in total. The third-order valence-electron chi connectivity index (χ3n) is 3.45. The van der Waals surface area contributed by atoms with E-state index >= 15 is 0 Å². The van der Waals surface area contributed by atoms with Gasteiger partial charge in [0.2, 0.25) is 5.91 Å². The predicted octanol–water partition coefficient (Wildman–Crippen LogP) is 4.38. The van der Waals surface area contributed by atoms with Gasteiger partial charge in [-0.3, -0.25) is 19.3 Å². The molecule has 128 valence electrons. The summed E-state index contributed by atoms with van der Waals surface area (Å²) in [6.07, 6.45) is 1.66. The van der Waals surface area contributed by atoms with Gasteiger partial charge in [-0.1, -0.05) is 23.7 Å². The molecular formula is C17H13ClN2O3S2. The van der Waals surface area contributed by atoms with E-state index in [1.54, 1.807) is 24.3 Å². The lowest BCUT2D eigenvalue weighted by Crippen LogP contribution is -2.36. The smallest absolute Gasteiger partial charge is 0.294 e. The topological polar surface area (TPSA) is 66.5 Å². The Balaban J connectivity index is 1.67. The Kier molecular flexibility index (Phi) is 5.27. The van der Waals surface area contributed by atoms with E-state index in [0.717, 1.165) is 27.1 Å². The summed E-state index contributed by atoms with van der Waals surface area (Å²) in [5, 5.41) is 4.60. The zero-order valence-electron chi connectivity index (χ0n) is 13.1. The number of rotatable bonds is 4. The number of carbonyl (C=O) groups is 3. The van der Waals surface area contributed by atoms with Gasteiger partial charge in [0, 0.05) is 15.6 Å². The Morgan fingerprint density at radius 3 is 2.80 bits per heavy atom. The van der Waals surface area contributed by atoms with Crippen LogP contribution < -0.4 is 5.32 Å². The zero-order chi connectivity index (χ0) is 18.0. The van der Waals surface area contributed by atoms with E-state index in [-0.39, 0.29) is 6.54 Å². The van der Waals surface area contributed by atoms with Crippen LogP contribution in [0.2, 0.25) is 5.02 Å². The molecule has 1 saturated heterocycles. The molecule has 0 unspecified atom stereocenters. The number of carbonyl (C=O) groups excluding carboxylic acids is 3. The van der Waals surface area contributed by atoms with E-state index in [9.17, 15) is 14.4 Å². The van der Waals surface area contributed by atoms with E-state index in [1.807, 2.05) is 24.4 Å². The molecule has 25 heavy (non-hydrogen) atoms. The maximum Gasteiger partial charge on any atom is 0.294 e. The Morgan fingerprint density at radius 2 is 2.12 bits per heavy atom. The normalized spacial score (nSPS) is 15.9. The van der Waals surface area contributed by atoms with Gasteiger partial charge in [-0.15, -0.1) is 11.3 Å². The van der Waals surface area contributed by atoms with Crippen LogP contribution in [0.1, 0.15) is 10.4 Å². The first-order valence-electron chi connectivity index (χ1n) is 7.29. The van der Waals surface area contributed by atoms with Crippen LogP contribution in [0.4, 0.5) is 10.5 Å². The first-order valence-corrected chi connectivity index (χ1v) is 9.36. The molecule has 3 rings (SSSR count). The summed E-state index contributed by atoms with van der Waals surface area (Å²) in [5.74, 6) is -0.917. The molecule has 2 aromatic rings. The maximum atomic E-state index is 12.3. The number of nitrogens with one attached hydrogen (secondary N) is 1. The molecule has 0 bridgehead atoms. The number of aryl methyl sites for hydroxylation is 1. The summed E-state index contributed by atoms with van der Waals surface area (Å²) in [4.78, 5) is 38.7. The van der Waals surface area contributed by atoms with Gasteiger partial charge in [0.15, 0.2) is 0 Å². The molecule has 0 atom stereocenters. The number of hydrogen-bond acceptors (Lipinski definition) is 5. The summed E-state index contributed by atoms with van der Waals surface area (Å²) in [5.41, 5.74) is 1.41. The van der Waals surface area contributed by atoms with Gasteiger partial charge < -0.3 is 5.32 Å². The standard InChI is InChI=1S/C17H13ClN2O3S2/c1-10-4-5-11(7-13(10)18)19-15(21)9-20-16(22)14(25-17(20)23)8-12-3-2-6-24-12/h2-8H,9H2,1H3,(H,19,21)/b14-8-. The summed E-state index contributed by atoms with van der Waals surface area (Å²) >= 11 is 8.33. The molecule has 2 heterocycles. The van der Waals surface area contributed by atoms with Crippen molar-refractivity contribution in [2.75, 3.05) is 11.9 Å². The van der Waals surface area contributed by atoms with Gasteiger partial charge >= 0.3 is 0 Å². The van der Waals surface area contributed by atoms with Gasteiger partial charge in [-0.05, 0) is 53.9 Å². The molecule has 1 aromatic carbocycles. The second-order valence-electron chi connectivity index (χ2n) is 5.30. The molecule has 0 aliphatic carbocycles. The van der Waals surface area contributed by atoms with E-state index in [4.69, 9.17) is 11.6 Å². The highest BCUT2D eigenvalue weighted by molar-refractivity contribution is 8.18. The van der Waals surface area contributed by atoms with Gasteiger partial charge in [-0.25, -0.2) is 0 Å². The predicted molar refractivity (Wildman–Crippen MR) is 102 cm³/mol. The molecule has 1 aliphatic heterocycles. The fourth-order valence-corrected chi connectivity index (χ4v) is 3.90. The molecule has 8 heteroatoms. The van der Waals surface area contributed by atoms with Crippen molar-refractivity contribution in [1.29, 1.82) is 0 Å². The van der Waals surface area contributed by atoms with Crippen LogP contribution in [0, 0.1) is 6.92 Å². The lowest BCUT2D eigenvalue weighted by atomic mass is 10.2. The van der Waals surface area contributed by atoms with Crippen molar-refractivity contribution in [2.45, 2.75) is 6.92 Å². The summed E-state index contributed by atoms with van der Waals surface area (Å²) in [6, 6.07) is 8.83. The van der Waals surface area contributed by atoms with Crippen molar-refractivity contribution in [3.8, 4) is 0 Å². The van der Waals surface area contributed by atoms with Crippen LogP contribution in [0.15, 0.2) is 40.6 Å². The number of nitrogens with zero attached hydrogens (tertiary/aromatic N) is 1. The summed E-state index contributed by atoms with van der Waals surface area (Å²) < 4.78 is 0. The van der Waals surface area contributed by atoms with Crippen LogP contribution in [0.5, 0.6) is 0 Å². The third-order valence-corrected chi connectivity index (χ3v) is 5.58. The minimum Gasteiger partial charge on any atom is -0.324 e. The lowest BCUT2D eigenvalue weighted by molar-refractivity contribution is -0.127. The summed E-state index contributed by atoms with van der Waals surface area (Å²) in [6.45, 7) is 1.52. The average Bonchev–Trinajstić information content (AvgIpc) is 3.15. The minimum absolute atomic E-state index is 0.318. The largest absolute Gasteiger partial charge is 0.324 e. The van der Waals surface area contributed by atoms with Crippen molar-refractivity contribution >= 4 is 63.5 Å². The number of imide groups is 1. The number of benzene rings is 1. The fraction of sp³-hybridized carbons (Fsp3) is 0.118. The number of thiophene rings is 1. The van der Waals surface area contributed by atoms with E-state index in [1.165, 1.54) is 11.3 Å². The lowest BCUT2D eigenvalue weighted by Gasteiger charge is -2.12. The number of hydrogen-bond donors (Lipinski definition) is 1. The molecular weight excluding hydrogens is 380 g/mol. The Morgan fingerprint density at radius 1 is 1.32 bits per heavy atom. The molecule has 1 fully saturated rings.